The van der Waals surface area contributed by atoms with E-state index >= 15 is 0 Å². The van der Waals surface area contributed by atoms with Crippen LogP contribution in [0, 0.1) is 11.8 Å². The lowest BCUT2D eigenvalue weighted by molar-refractivity contribution is -0.153. The molecule has 0 heterocycles. The number of aliphatic carboxylic acids is 1. The Balaban J connectivity index is 4.03. The highest BCUT2D eigenvalue weighted by molar-refractivity contribution is 7.80. The van der Waals surface area contributed by atoms with E-state index in [-0.39, 0.29) is 5.75 Å². The zero-order valence-corrected chi connectivity index (χ0v) is 9.13. The average molecular weight is 219 g/mol. The van der Waals surface area contributed by atoms with Crippen LogP contribution in [0.15, 0.2) is 0 Å². The monoisotopic (exact) mass is 219 g/mol. The largest absolute Gasteiger partial charge is 0.480 e. The van der Waals surface area contributed by atoms with Crippen LogP contribution in [0.3, 0.4) is 0 Å². The van der Waals surface area contributed by atoms with E-state index in [1.165, 1.54) is 14.0 Å². The van der Waals surface area contributed by atoms with E-state index in [0.29, 0.717) is 0 Å². The minimum absolute atomic E-state index is 0.0766. The van der Waals surface area contributed by atoms with E-state index in [1.54, 1.807) is 6.92 Å². The number of carbonyl (C=O) groups is 1. The molecule has 0 aliphatic rings. The summed E-state index contributed by atoms with van der Waals surface area (Å²) in [7, 11) is 1.41. The van der Waals surface area contributed by atoms with Crippen LogP contribution in [0.2, 0.25) is 0 Å². The maximum absolute atomic E-state index is 11.1. The zero-order valence-electron chi connectivity index (χ0n) is 8.31. The lowest BCUT2D eigenvalue weighted by atomic mass is 10.3. The third-order valence-electron chi connectivity index (χ3n) is 1.47. The molecule has 0 aliphatic heterocycles. The first-order valence-corrected chi connectivity index (χ1v) is 5.15. The number of carboxylic acids is 1. The molecule has 2 unspecified atom stereocenters. The second kappa shape index (κ2) is 6.54. The highest BCUT2D eigenvalue weighted by atomic mass is 32.2. The van der Waals surface area contributed by atoms with Gasteiger partial charge < -0.3 is 5.11 Å². The van der Waals surface area contributed by atoms with Crippen LogP contribution in [-0.2, 0) is 20.2 Å². The number of rotatable bonds is 5. The number of nitrogens with zero attached hydrogens (tertiary/aromatic N) is 1. The van der Waals surface area contributed by atoms with E-state index in [2.05, 4.69) is 11.8 Å². The molecule has 0 aliphatic carbocycles. The molecule has 5 nitrogen and oxygen atoms in total. The molecule has 0 aromatic rings. The molecule has 0 amide bonds. The van der Waals surface area contributed by atoms with Gasteiger partial charge in [-0.05, 0) is 13.8 Å². The summed E-state index contributed by atoms with van der Waals surface area (Å²) in [5.41, 5.74) is 0. The summed E-state index contributed by atoms with van der Waals surface area (Å²) in [6.07, 6.45) is 0. The lowest BCUT2D eigenvalue weighted by Crippen LogP contribution is -2.36. The van der Waals surface area contributed by atoms with Crippen molar-refractivity contribution in [2.24, 2.45) is 0 Å². The van der Waals surface area contributed by atoms with Crippen molar-refractivity contribution in [3.05, 3.63) is 0 Å². The van der Waals surface area contributed by atoms with Crippen molar-refractivity contribution in [1.29, 1.82) is 0 Å². The third kappa shape index (κ3) is 4.97. The first-order valence-electron chi connectivity index (χ1n) is 3.91. The summed E-state index contributed by atoms with van der Waals surface area (Å²) >= 11 is -1.60. The van der Waals surface area contributed by atoms with Crippen molar-refractivity contribution in [1.82, 2.24) is 5.06 Å². The Morgan fingerprint density at radius 1 is 1.71 bits per heavy atom. The Morgan fingerprint density at radius 3 is 2.71 bits per heavy atom. The normalized spacial score (nSPS) is 14.3. The Labute approximate surface area is 85.7 Å². The zero-order chi connectivity index (χ0) is 11.1. The number of hydrogen-bond acceptors (Lipinski definition) is 4. The first kappa shape index (κ1) is 13.1. The van der Waals surface area contributed by atoms with Gasteiger partial charge in [0.2, 0.25) is 0 Å². The summed E-state index contributed by atoms with van der Waals surface area (Å²) in [6.45, 7) is 3.06. The van der Waals surface area contributed by atoms with Crippen molar-refractivity contribution in [2.45, 2.75) is 19.9 Å². The second-order valence-electron chi connectivity index (χ2n) is 2.51. The Kier molecular flexibility index (Phi) is 6.12. The van der Waals surface area contributed by atoms with Gasteiger partial charge >= 0.3 is 5.97 Å². The summed E-state index contributed by atoms with van der Waals surface area (Å²) in [6, 6.07) is -0.839. The molecule has 0 saturated carbocycles. The molecule has 0 bridgehead atoms. The van der Waals surface area contributed by atoms with E-state index in [9.17, 15) is 9.00 Å². The topological polar surface area (TPSA) is 66.8 Å². The highest BCUT2D eigenvalue weighted by Crippen LogP contribution is 1.99. The van der Waals surface area contributed by atoms with Gasteiger partial charge in [-0.1, -0.05) is 5.92 Å². The van der Waals surface area contributed by atoms with Gasteiger partial charge in [-0.3, -0.25) is 4.79 Å². The number of hydrogen-bond donors (Lipinski definition) is 1. The smallest absolute Gasteiger partial charge is 0.323 e. The molecule has 6 heteroatoms. The maximum Gasteiger partial charge on any atom is 0.323 e. The van der Waals surface area contributed by atoms with Crippen LogP contribution in [0.5, 0.6) is 0 Å². The van der Waals surface area contributed by atoms with Crippen LogP contribution in [0.1, 0.15) is 13.8 Å². The Morgan fingerprint density at radius 2 is 2.29 bits per heavy atom. The number of likely N-dealkylation sites (N-methyl/N-ethyl adjacent to an activating group) is 1. The van der Waals surface area contributed by atoms with Crippen LogP contribution in [-0.4, -0.2) is 39.2 Å². The van der Waals surface area contributed by atoms with Crippen LogP contribution >= 0.6 is 0 Å². The van der Waals surface area contributed by atoms with Crippen molar-refractivity contribution in [2.75, 3.05) is 12.8 Å². The molecule has 0 rings (SSSR count). The van der Waals surface area contributed by atoms with E-state index in [1.807, 2.05) is 0 Å². The third-order valence-corrected chi connectivity index (χ3v) is 2.25. The standard InChI is InChI=1S/C8H13NO4S/c1-4-5-6-14(12)13-9(3)7(2)8(10)11/h7H,6H2,1-3H3,(H,10,11). The van der Waals surface area contributed by atoms with Gasteiger partial charge in [-0.25, -0.2) is 4.21 Å². The summed E-state index contributed by atoms with van der Waals surface area (Å²) in [4.78, 5) is 10.5. The van der Waals surface area contributed by atoms with Gasteiger partial charge in [0.25, 0.3) is 0 Å². The molecule has 80 valence electrons. The first-order chi connectivity index (χ1) is 6.49. The molecular weight excluding hydrogens is 206 g/mol. The summed E-state index contributed by atoms with van der Waals surface area (Å²) in [5, 5.41) is 9.63. The predicted octanol–water partition coefficient (Wildman–Crippen LogP) is 0.00990. The number of hydroxylamine groups is 2. The van der Waals surface area contributed by atoms with Crippen molar-refractivity contribution >= 4 is 17.0 Å². The fourth-order valence-corrected chi connectivity index (χ4v) is 1.21. The van der Waals surface area contributed by atoms with Gasteiger partial charge in [0.15, 0.2) is 11.1 Å². The molecule has 0 aromatic heterocycles. The molecule has 0 radical (unpaired) electrons. The maximum atomic E-state index is 11.1. The fourth-order valence-electron chi connectivity index (χ4n) is 0.509. The van der Waals surface area contributed by atoms with Gasteiger partial charge in [-0.15, -0.1) is 5.92 Å². The highest BCUT2D eigenvalue weighted by Gasteiger charge is 2.19. The van der Waals surface area contributed by atoms with E-state index in [4.69, 9.17) is 9.39 Å². The van der Waals surface area contributed by atoms with Crippen molar-refractivity contribution in [3.63, 3.8) is 0 Å². The Hall–Kier alpha value is -0.900. The summed E-state index contributed by atoms with van der Waals surface area (Å²) in [5.74, 6) is 4.18. The van der Waals surface area contributed by atoms with Crippen molar-refractivity contribution < 1.29 is 18.4 Å². The SMILES string of the molecule is CC#CCS(=O)ON(C)C(C)C(=O)O. The van der Waals surface area contributed by atoms with Crippen LogP contribution < -0.4 is 0 Å². The molecule has 0 spiro atoms. The molecule has 0 saturated heterocycles. The molecular formula is C8H13NO4S. The van der Waals surface area contributed by atoms with Crippen molar-refractivity contribution in [3.8, 4) is 11.8 Å². The second-order valence-corrected chi connectivity index (χ2v) is 3.56. The average Bonchev–Trinajstić information content (AvgIpc) is 2.13. The predicted molar refractivity (Wildman–Crippen MR) is 52.4 cm³/mol. The number of carboxylic acid groups (broad SMARTS) is 1. The van der Waals surface area contributed by atoms with Gasteiger partial charge in [0.1, 0.15) is 11.8 Å². The van der Waals surface area contributed by atoms with Crippen LogP contribution in [0.4, 0.5) is 0 Å². The Bertz CT molecular complexity index is 281. The van der Waals surface area contributed by atoms with Crippen LogP contribution in [0.25, 0.3) is 0 Å². The summed E-state index contributed by atoms with van der Waals surface area (Å²) < 4.78 is 15.9. The minimum Gasteiger partial charge on any atom is -0.480 e. The molecule has 2 atom stereocenters. The fraction of sp³-hybridized carbons (Fsp3) is 0.625. The molecule has 0 fully saturated rings. The lowest BCUT2D eigenvalue weighted by Gasteiger charge is -2.18. The molecule has 1 N–H and O–H groups in total. The minimum atomic E-state index is -1.60. The molecule has 0 aromatic carbocycles. The quantitative estimate of drug-likeness (QED) is 0.521. The molecule has 14 heavy (non-hydrogen) atoms. The van der Waals surface area contributed by atoms with E-state index in [0.717, 1.165) is 5.06 Å². The van der Waals surface area contributed by atoms with Gasteiger partial charge in [0.05, 0.1) is 0 Å². The van der Waals surface area contributed by atoms with Gasteiger partial charge in [0, 0.05) is 7.05 Å². The van der Waals surface area contributed by atoms with E-state index < -0.39 is 23.1 Å². The van der Waals surface area contributed by atoms with Gasteiger partial charge in [-0.2, -0.15) is 9.35 Å².